The van der Waals surface area contributed by atoms with Gasteiger partial charge in [0.25, 0.3) is 0 Å². The lowest BCUT2D eigenvalue weighted by Gasteiger charge is -2.02. The second kappa shape index (κ2) is 6.62. The SMILES string of the molecule is CCCCC(=O)O.O=C1NC2CCSC2N1. The molecule has 2 heterocycles. The van der Waals surface area contributed by atoms with Crippen molar-refractivity contribution >= 4 is 23.8 Å². The van der Waals surface area contributed by atoms with Crippen LogP contribution < -0.4 is 10.6 Å². The maximum absolute atomic E-state index is 10.6. The Kier molecular flexibility index (Phi) is 5.45. The summed E-state index contributed by atoms with van der Waals surface area (Å²) in [4.78, 5) is 20.4. The summed E-state index contributed by atoms with van der Waals surface area (Å²) in [7, 11) is 0. The van der Waals surface area contributed by atoms with Gasteiger partial charge in [0.2, 0.25) is 0 Å². The van der Waals surface area contributed by atoms with Gasteiger partial charge in [-0.05, 0) is 18.6 Å². The number of amides is 2. The summed E-state index contributed by atoms with van der Waals surface area (Å²) in [6, 6.07) is 0.402. The molecule has 0 aromatic heterocycles. The summed E-state index contributed by atoms with van der Waals surface area (Å²) in [5.74, 6) is 0.477. The molecule has 5 nitrogen and oxygen atoms in total. The lowest BCUT2D eigenvalue weighted by atomic mass is 10.2. The maximum atomic E-state index is 10.6. The maximum Gasteiger partial charge on any atom is 0.316 e. The van der Waals surface area contributed by atoms with Crippen molar-refractivity contribution < 1.29 is 14.7 Å². The summed E-state index contributed by atoms with van der Waals surface area (Å²) in [5, 5.41) is 14.1. The van der Waals surface area contributed by atoms with Crippen molar-refractivity contribution in [2.75, 3.05) is 5.75 Å². The zero-order chi connectivity index (χ0) is 12.0. The molecule has 0 aromatic carbocycles. The largest absolute Gasteiger partial charge is 0.481 e. The number of nitrogens with one attached hydrogen (secondary N) is 2. The number of urea groups is 1. The molecule has 2 amide bonds. The number of carbonyl (C=O) groups is 2. The number of fused-ring (bicyclic) bond motifs is 1. The minimum Gasteiger partial charge on any atom is -0.481 e. The summed E-state index contributed by atoms with van der Waals surface area (Å²) in [6.07, 6.45) is 3.20. The van der Waals surface area contributed by atoms with Gasteiger partial charge in [-0.15, -0.1) is 11.8 Å². The van der Waals surface area contributed by atoms with E-state index in [2.05, 4.69) is 10.6 Å². The molecule has 0 saturated carbocycles. The van der Waals surface area contributed by atoms with Crippen molar-refractivity contribution in [1.82, 2.24) is 10.6 Å². The van der Waals surface area contributed by atoms with Crippen molar-refractivity contribution in [3.05, 3.63) is 0 Å². The summed E-state index contributed by atoms with van der Waals surface area (Å²) >= 11 is 1.82. The third-order valence-electron chi connectivity index (χ3n) is 2.43. The number of rotatable bonds is 3. The second-order valence-electron chi connectivity index (χ2n) is 3.80. The van der Waals surface area contributed by atoms with Crippen LogP contribution in [0.25, 0.3) is 0 Å². The molecule has 92 valence electrons. The number of hydrogen-bond donors (Lipinski definition) is 3. The van der Waals surface area contributed by atoms with E-state index in [1.54, 1.807) is 0 Å². The predicted octanol–water partition coefficient (Wildman–Crippen LogP) is 1.39. The number of hydrogen-bond acceptors (Lipinski definition) is 3. The van der Waals surface area contributed by atoms with Gasteiger partial charge in [0.05, 0.1) is 11.4 Å². The molecule has 0 spiro atoms. The van der Waals surface area contributed by atoms with Crippen LogP contribution in [0.3, 0.4) is 0 Å². The lowest BCUT2D eigenvalue weighted by molar-refractivity contribution is -0.137. The van der Waals surface area contributed by atoms with Crippen LogP contribution in [0.1, 0.15) is 32.6 Å². The number of carboxylic acids is 1. The van der Waals surface area contributed by atoms with Crippen LogP contribution in [0.15, 0.2) is 0 Å². The van der Waals surface area contributed by atoms with Gasteiger partial charge in [0.1, 0.15) is 0 Å². The Morgan fingerprint density at radius 1 is 1.56 bits per heavy atom. The van der Waals surface area contributed by atoms with Gasteiger partial charge in [0, 0.05) is 6.42 Å². The Labute approximate surface area is 99.4 Å². The van der Waals surface area contributed by atoms with Crippen LogP contribution >= 0.6 is 11.8 Å². The molecule has 2 aliphatic heterocycles. The van der Waals surface area contributed by atoms with E-state index in [1.807, 2.05) is 18.7 Å². The van der Waals surface area contributed by atoms with Crippen LogP contribution in [-0.4, -0.2) is 34.3 Å². The second-order valence-corrected chi connectivity index (χ2v) is 5.05. The van der Waals surface area contributed by atoms with Crippen LogP contribution in [0.4, 0.5) is 4.79 Å². The summed E-state index contributed by atoms with van der Waals surface area (Å²) in [5.41, 5.74) is 0. The lowest BCUT2D eigenvalue weighted by Crippen LogP contribution is -2.26. The Hall–Kier alpha value is -0.910. The van der Waals surface area contributed by atoms with Gasteiger partial charge in [-0.25, -0.2) is 4.79 Å². The molecule has 0 aromatic rings. The zero-order valence-electron chi connectivity index (χ0n) is 9.36. The first kappa shape index (κ1) is 13.2. The molecule has 0 aliphatic carbocycles. The standard InChI is InChI=1S/C5H8N2OS.C5H10O2/c8-5-6-3-1-2-9-4(3)7-5;1-2-3-4-5(6)7/h3-4H,1-2H2,(H2,6,7,8);2-4H2,1H3,(H,6,7). The van der Waals surface area contributed by atoms with E-state index in [0.717, 1.165) is 19.3 Å². The van der Waals surface area contributed by atoms with Crippen molar-refractivity contribution in [3.8, 4) is 0 Å². The van der Waals surface area contributed by atoms with Gasteiger partial charge in [0.15, 0.2) is 0 Å². The van der Waals surface area contributed by atoms with Gasteiger partial charge in [-0.3, -0.25) is 4.79 Å². The van der Waals surface area contributed by atoms with Crippen LogP contribution in [-0.2, 0) is 4.79 Å². The van der Waals surface area contributed by atoms with Crippen LogP contribution in [0, 0.1) is 0 Å². The monoisotopic (exact) mass is 246 g/mol. The molecular weight excluding hydrogens is 228 g/mol. The molecule has 2 saturated heterocycles. The summed E-state index contributed by atoms with van der Waals surface area (Å²) < 4.78 is 0. The van der Waals surface area contributed by atoms with E-state index < -0.39 is 5.97 Å². The Balaban J connectivity index is 0.000000168. The smallest absolute Gasteiger partial charge is 0.316 e. The summed E-state index contributed by atoms with van der Waals surface area (Å²) in [6.45, 7) is 1.98. The minimum atomic E-state index is -0.693. The van der Waals surface area contributed by atoms with E-state index in [9.17, 15) is 9.59 Å². The fourth-order valence-electron chi connectivity index (χ4n) is 1.55. The first-order chi connectivity index (χ1) is 7.63. The molecule has 2 unspecified atom stereocenters. The third kappa shape index (κ3) is 4.30. The van der Waals surface area contributed by atoms with E-state index in [0.29, 0.717) is 17.8 Å². The number of unbranched alkanes of at least 4 members (excludes halogenated alkanes) is 1. The van der Waals surface area contributed by atoms with Crippen molar-refractivity contribution in [2.24, 2.45) is 0 Å². The van der Waals surface area contributed by atoms with Gasteiger partial charge in [-0.1, -0.05) is 13.3 Å². The van der Waals surface area contributed by atoms with Gasteiger partial charge in [-0.2, -0.15) is 0 Å². The topological polar surface area (TPSA) is 78.4 Å². The van der Waals surface area contributed by atoms with Crippen molar-refractivity contribution in [1.29, 1.82) is 0 Å². The van der Waals surface area contributed by atoms with Crippen molar-refractivity contribution in [3.63, 3.8) is 0 Å². The highest BCUT2D eigenvalue weighted by atomic mass is 32.2. The molecule has 6 heteroatoms. The van der Waals surface area contributed by atoms with Crippen LogP contribution in [0.2, 0.25) is 0 Å². The quantitative estimate of drug-likeness (QED) is 0.703. The Morgan fingerprint density at radius 2 is 2.31 bits per heavy atom. The normalized spacial score (nSPS) is 26.2. The molecule has 2 fully saturated rings. The molecule has 3 N–H and O–H groups in total. The molecular formula is C10H18N2O3S. The Bertz CT molecular complexity index is 246. The first-order valence-corrected chi connectivity index (χ1v) is 6.58. The first-order valence-electron chi connectivity index (χ1n) is 5.54. The highest BCUT2D eigenvalue weighted by Crippen LogP contribution is 2.27. The highest BCUT2D eigenvalue weighted by Gasteiger charge is 2.35. The predicted molar refractivity (Wildman–Crippen MR) is 63.5 cm³/mol. The average molecular weight is 246 g/mol. The van der Waals surface area contributed by atoms with Crippen molar-refractivity contribution in [2.45, 2.75) is 44.0 Å². The van der Waals surface area contributed by atoms with Gasteiger partial charge >= 0.3 is 12.0 Å². The number of aliphatic carboxylic acids is 1. The average Bonchev–Trinajstić information content (AvgIpc) is 2.75. The Morgan fingerprint density at radius 3 is 2.81 bits per heavy atom. The van der Waals surface area contributed by atoms with Gasteiger partial charge < -0.3 is 15.7 Å². The minimum absolute atomic E-state index is 0.00259. The molecule has 0 radical (unpaired) electrons. The number of thioether (sulfide) groups is 1. The molecule has 2 aliphatic rings. The zero-order valence-corrected chi connectivity index (χ0v) is 10.2. The third-order valence-corrected chi connectivity index (χ3v) is 3.70. The molecule has 2 rings (SSSR count). The molecule has 16 heavy (non-hydrogen) atoms. The number of carboxylic acid groups (broad SMARTS) is 1. The van der Waals surface area contributed by atoms with E-state index >= 15 is 0 Å². The number of carbonyl (C=O) groups excluding carboxylic acids is 1. The van der Waals surface area contributed by atoms with E-state index in [4.69, 9.17) is 5.11 Å². The van der Waals surface area contributed by atoms with Crippen LogP contribution in [0.5, 0.6) is 0 Å². The van der Waals surface area contributed by atoms with E-state index in [1.165, 1.54) is 5.75 Å². The molecule has 0 bridgehead atoms. The van der Waals surface area contributed by atoms with E-state index in [-0.39, 0.29) is 6.03 Å². The fraction of sp³-hybridized carbons (Fsp3) is 0.800. The fourth-order valence-corrected chi connectivity index (χ4v) is 2.82. The molecule has 2 atom stereocenters. The highest BCUT2D eigenvalue weighted by molar-refractivity contribution is 8.00.